The second-order valence-electron chi connectivity index (χ2n) is 4.86. The minimum absolute atomic E-state index is 0.209. The van der Waals surface area contributed by atoms with Gasteiger partial charge in [0.1, 0.15) is 5.69 Å². The van der Waals surface area contributed by atoms with Crippen molar-refractivity contribution in [1.82, 2.24) is 10.3 Å². The second-order valence-corrected chi connectivity index (χ2v) is 4.86. The topological polar surface area (TPSA) is 62.4 Å². The van der Waals surface area contributed by atoms with Gasteiger partial charge in [-0.2, -0.15) is 0 Å². The highest BCUT2D eigenvalue weighted by Gasteiger charge is 2.26. The molecule has 100 valence electrons. The van der Waals surface area contributed by atoms with Crippen molar-refractivity contribution in [2.45, 2.75) is 31.8 Å². The molecule has 1 aromatic carbocycles. The van der Waals surface area contributed by atoms with Crippen molar-refractivity contribution >= 4 is 5.69 Å². The van der Waals surface area contributed by atoms with Crippen molar-refractivity contribution in [3.63, 3.8) is 0 Å². The fourth-order valence-electron chi connectivity index (χ4n) is 2.77. The first-order valence-electron chi connectivity index (χ1n) is 6.60. The van der Waals surface area contributed by atoms with Crippen LogP contribution in [-0.2, 0) is 13.0 Å². The lowest BCUT2D eigenvalue weighted by molar-refractivity contribution is 0.266. The maximum atomic E-state index is 9.24. The zero-order valence-corrected chi connectivity index (χ0v) is 10.7. The third-order valence-electron chi connectivity index (χ3n) is 3.69. The highest BCUT2D eigenvalue weighted by molar-refractivity contribution is 5.56. The number of anilines is 1. The van der Waals surface area contributed by atoms with E-state index in [9.17, 15) is 5.11 Å². The van der Waals surface area contributed by atoms with Crippen LogP contribution in [0.15, 0.2) is 35.1 Å². The van der Waals surface area contributed by atoms with E-state index in [1.165, 1.54) is 11.3 Å². The van der Waals surface area contributed by atoms with Crippen molar-refractivity contribution in [1.29, 1.82) is 0 Å². The van der Waals surface area contributed by atoms with Gasteiger partial charge in [-0.15, -0.1) is 0 Å². The quantitative estimate of drug-likeness (QED) is 0.906. The van der Waals surface area contributed by atoms with Gasteiger partial charge in [-0.3, -0.25) is 0 Å². The molecule has 0 saturated carbocycles. The predicted octanol–water partition coefficient (Wildman–Crippen LogP) is 1.77. The minimum atomic E-state index is 0.209. The van der Waals surface area contributed by atoms with E-state index in [0.717, 1.165) is 25.0 Å². The first-order valence-corrected chi connectivity index (χ1v) is 6.60. The van der Waals surface area contributed by atoms with Crippen molar-refractivity contribution in [2.75, 3.05) is 11.5 Å². The van der Waals surface area contributed by atoms with E-state index >= 15 is 0 Å². The summed E-state index contributed by atoms with van der Waals surface area (Å²) in [5, 5.41) is 16.8. The molecule has 1 aliphatic rings. The van der Waals surface area contributed by atoms with Crippen molar-refractivity contribution in [2.24, 2.45) is 0 Å². The number of aliphatic hydroxyl groups excluding tert-OH is 1. The molecule has 0 radical (unpaired) electrons. The van der Waals surface area contributed by atoms with Crippen molar-refractivity contribution in [3.05, 3.63) is 41.7 Å². The van der Waals surface area contributed by atoms with Gasteiger partial charge in [0.15, 0.2) is 0 Å². The number of rotatable bonds is 4. The van der Waals surface area contributed by atoms with Crippen LogP contribution in [0.25, 0.3) is 0 Å². The highest BCUT2D eigenvalue weighted by atomic mass is 16.6. The number of aryl methyl sites for hydroxylation is 1. The summed E-state index contributed by atoms with van der Waals surface area (Å²) in [5.41, 5.74) is 3.41. The Kier molecular flexibility index (Phi) is 3.46. The van der Waals surface area contributed by atoms with Crippen molar-refractivity contribution < 1.29 is 9.74 Å². The molecule has 0 spiro atoms. The maximum Gasteiger partial charge on any atom is 0.124 e. The Labute approximate surface area is 111 Å². The summed E-state index contributed by atoms with van der Waals surface area (Å²) in [4.78, 5) is 2.30. The SMILES string of the molecule is OCCC1CCc2ccccc2N1Cc1cnon1. The summed E-state index contributed by atoms with van der Waals surface area (Å²) in [5.74, 6) is 0. The number of aromatic nitrogens is 2. The van der Waals surface area contributed by atoms with Crippen LogP contribution in [0.5, 0.6) is 0 Å². The fraction of sp³-hybridized carbons (Fsp3) is 0.429. The van der Waals surface area contributed by atoms with Gasteiger partial charge in [0.25, 0.3) is 0 Å². The molecule has 2 heterocycles. The van der Waals surface area contributed by atoms with Gasteiger partial charge in [-0.1, -0.05) is 28.5 Å². The van der Waals surface area contributed by atoms with Gasteiger partial charge >= 0.3 is 0 Å². The Morgan fingerprint density at radius 2 is 2.26 bits per heavy atom. The second kappa shape index (κ2) is 5.40. The Morgan fingerprint density at radius 1 is 1.37 bits per heavy atom. The van der Waals surface area contributed by atoms with E-state index in [1.54, 1.807) is 6.20 Å². The molecule has 3 rings (SSSR count). The normalized spacial score (nSPS) is 18.4. The minimum Gasteiger partial charge on any atom is -0.396 e. The summed E-state index contributed by atoms with van der Waals surface area (Å²) >= 11 is 0. The standard InChI is InChI=1S/C14H17N3O2/c18-8-7-13-6-5-11-3-1-2-4-14(11)17(13)10-12-9-15-19-16-12/h1-4,9,13,18H,5-8,10H2. The molecule has 0 bridgehead atoms. The van der Waals surface area contributed by atoms with E-state index < -0.39 is 0 Å². The predicted molar refractivity (Wildman–Crippen MR) is 70.7 cm³/mol. The molecule has 5 heteroatoms. The van der Waals surface area contributed by atoms with Gasteiger partial charge < -0.3 is 10.0 Å². The number of para-hydroxylation sites is 1. The average molecular weight is 259 g/mol. The number of nitrogens with zero attached hydrogens (tertiary/aromatic N) is 3. The zero-order valence-electron chi connectivity index (χ0n) is 10.7. The zero-order chi connectivity index (χ0) is 13.1. The Hall–Kier alpha value is -1.88. The molecule has 0 saturated heterocycles. The van der Waals surface area contributed by atoms with Crippen LogP contribution in [-0.4, -0.2) is 28.1 Å². The van der Waals surface area contributed by atoms with E-state index in [1.807, 2.05) is 6.07 Å². The Balaban J connectivity index is 1.90. The molecule has 5 nitrogen and oxygen atoms in total. The molecule has 0 amide bonds. The monoisotopic (exact) mass is 259 g/mol. The molecule has 1 N–H and O–H groups in total. The van der Waals surface area contributed by atoms with Gasteiger partial charge in [0.2, 0.25) is 0 Å². The Morgan fingerprint density at radius 3 is 3.05 bits per heavy atom. The molecule has 1 aromatic heterocycles. The highest BCUT2D eigenvalue weighted by Crippen LogP contribution is 2.32. The number of hydrogen-bond donors (Lipinski definition) is 1. The fourth-order valence-corrected chi connectivity index (χ4v) is 2.77. The molecule has 1 atom stereocenters. The van der Waals surface area contributed by atoms with E-state index in [-0.39, 0.29) is 6.61 Å². The lowest BCUT2D eigenvalue weighted by atomic mass is 9.94. The summed E-state index contributed by atoms with van der Waals surface area (Å²) in [6, 6.07) is 8.76. The van der Waals surface area contributed by atoms with E-state index in [4.69, 9.17) is 0 Å². The van der Waals surface area contributed by atoms with Crippen LogP contribution in [0.4, 0.5) is 5.69 Å². The number of fused-ring (bicyclic) bond motifs is 1. The number of aliphatic hydroxyl groups is 1. The summed E-state index contributed by atoms with van der Waals surface area (Å²) in [7, 11) is 0. The van der Waals surface area contributed by atoms with Gasteiger partial charge in [0, 0.05) is 18.3 Å². The molecule has 0 aliphatic carbocycles. The smallest absolute Gasteiger partial charge is 0.124 e. The molecular weight excluding hydrogens is 242 g/mol. The molecule has 19 heavy (non-hydrogen) atoms. The van der Waals surface area contributed by atoms with Crippen LogP contribution in [0.3, 0.4) is 0 Å². The average Bonchev–Trinajstić information content (AvgIpc) is 2.95. The largest absolute Gasteiger partial charge is 0.396 e. The first-order chi connectivity index (χ1) is 9.38. The third kappa shape index (κ3) is 2.46. The van der Waals surface area contributed by atoms with Crippen LogP contribution in [0.1, 0.15) is 24.1 Å². The lowest BCUT2D eigenvalue weighted by Crippen LogP contribution is -2.39. The van der Waals surface area contributed by atoms with Gasteiger partial charge in [-0.05, 0) is 30.9 Å². The summed E-state index contributed by atoms with van der Waals surface area (Å²) in [6.45, 7) is 0.881. The third-order valence-corrected chi connectivity index (χ3v) is 3.69. The van der Waals surface area contributed by atoms with Crippen molar-refractivity contribution in [3.8, 4) is 0 Å². The molecule has 0 fully saturated rings. The summed E-state index contributed by atoms with van der Waals surface area (Å²) < 4.78 is 4.66. The summed E-state index contributed by atoms with van der Waals surface area (Å²) in [6.07, 6.45) is 4.55. The number of hydrogen-bond acceptors (Lipinski definition) is 5. The number of benzene rings is 1. The molecular formula is C14H17N3O2. The molecule has 1 unspecified atom stereocenters. The molecule has 2 aromatic rings. The van der Waals surface area contributed by atoms with E-state index in [2.05, 4.69) is 38.0 Å². The molecule has 1 aliphatic heterocycles. The van der Waals surface area contributed by atoms with E-state index in [0.29, 0.717) is 12.6 Å². The van der Waals surface area contributed by atoms with Crippen LogP contribution in [0.2, 0.25) is 0 Å². The van der Waals surface area contributed by atoms with Gasteiger partial charge in [-0.25, -0.2) is 4.63 Å². The van der Waals surface area contributed by atoms with Gasteiger partial charge in [0.05, 0.1) is 12.7 Å². The van der Waals surface area contributed by atoms with Crippen LogP contribution in [0, 0.1) is 0 Å². The lowest BCUT2D eigenvalue weighted by Gasteiger charge is -2.38. The first kappa shape index (κ1) is 12.2. The Bertz CT molecular complexity index is 527. The van der Waals surface area contributed by atoms with Crippen LogP contribution < -0.4 is 4.90 Å². The van der Waals surface area contributed by atoms with Crippen LogP contribution >= 0.6 is 0 Å². The maximum absolute atomic E-state index is 9.24.